The van der Waals surface area contributed by atoms with E-state index in [4.69, 9.17) is 14.4 Å². The molecule has 0 amide bonds. The molecule has 0 spiro atoms. The first-order chi connectivity index (χ1) is 8.98. The van der Waals surface area contributed by atoms with E-state index in [9.17, 15) is 4.57 Å². The van der Waals surface area contributed by atoms with Gasteiger partial charge in [0, 0.05) is 19.5 Å². The topological polar surface area (TPSA) is 74.2 Å². The summed E-state index contributed by atoms with van der Waals surface area (Å²) in [5.74, 6) is 1.61. The SMILES string of the molecule is CCOP(=O)(O)OCC.[CH2-]c1ccc2c(c1)OCO2.[Zn]. The van der Waals surface area contributed by atoms with E-state index in [0.29, 0.717) is 6.79 Å². The average Bonchev–Trinajstić information content (AvgIpc) is 2.76. The number of phosphoric acid groups is 1. The molecule has 0 saturated carbocycles. The molecule has 0 aliphatic carbocycles. The molecule has 1 N–H and O–H groups in total. The number of ether oxygens (including phenoxy) is 2. The quantitative estimate of drug-likeness (QED) is 0.509. The van der Waals surface area contributed by atoms with Gasteiger partial charge in [0.05, 0.1) is 13.2 Å². The van der Waals surface area contributed by atoms with Gasteiger partial charge in [-0.3, -0.25) is 9.05 Å². The van der Waals surface area contributed by atoms with Crippen LogP contribution >= 0.6 is 7.82 Å². The second-order valence-electron chi connectivity index (χ2n) is 3.49. The third-order valence-electron chi connectivity index (χ3n) is 2.02. The van der Waals surface area contributed by atoms with Crippen molar-refractivity contribution < 1.29 is 47.5 Å². The van der Waals surface area contributed by atoms with E-state index in [1.807, 2.05) is 18.2 Å². The van der Waals surface area contributed by atoms with E-state index < -0.39 is 7.82 Å². The average molecular weight is 355 g/mol. The minimum atomic E-state index is -3.69. The number of hydrogen-bond acceptors (Lipinski definition) is 5. The van der Waals surface area contributed by atoms with Gasteiger partial charge in [-0.05, 0) is 13.8 Å². The fourth-order valence-corrected chi connectivity index (χ4v) is 2.03. The van der Waals surface area contributed by atoms with Crippen LogP contribution in [0.4, 0.5) is 0 Å². The second-order valence-corrected chi connectivity index (χ2v) is 4.95. The number of hydrogen-bond donors (Lipinski definition) is 1. The number of benzene rings is 1. The Morgan fingerprint density at radius 3 is 2.35 bits per heavy atom. The molecule has 20 heavy (non-hydrogen) atoms. The van der Waals surface area contributed by atoms with Crippen molar-refractivity contribution in [1.82, 2.24) is 0 Å². The molecule has 1 aromatic rings. The standard InChI is InChI=1S/C8H7O2.C4H11O4P.Zn/c1-6-2-3-7-8(4-6)10-5-9-7;1-3-7-9(5,6)8-4-2;/h2-4H,1,5H2;3-4H2,1-2H3,(H,5,6);/q-1;;. The maximum absolute atomic E-state index is 10.5. The number of phosphoric ester groups is 1. The van der Waals surface area contributed by atoms with Crippen LogP contribution < -0.4 is 9.47 Å². The van der Waals surface area contributed by atoms with Gasteiger partial charge in [-0.15, -0.1) is 6.07 Å². The van der Waals surface area contributed by atoms with Crippen LogP contribution in [-0.4, -0.2) is 24.9 Å². The Kier molecular flexibility index (Phi) is 9.11. The zero-order valence-electron chi connectivity index (χ0n) is 11.7. The Labute approximate surface area is 131 Å². The summed E-state index contributed by atoms with van der Waals surface area (Å²) < 4.78 is 29.5. The summed E-state index contributed by atoms with van der Waals surface area (Å²) in [5, 5.41) is 0. The Bertz CT molecular complexity index is 444. The molecule has 0 saturated heterocycles. The van der Waals surface area contributed by atoms with Crippen LogP contribution in [0.5, 0.6) is 11.5 Å². The summed E-state index contributed by atoms with van der Waals surface area (Å²) in [6.45, 7) is 7.72. The molecule has 0 fully saturated rings. The molecular weight excluding hydrogens is 336 g/mol. The van der Waals surface area contributed by atoms with Crippen LogP contribution in [-0.2, 0) is 33.1 Å². The smallest absolute Gasteiger partial charge is 0.467 e. The van der Waals surface area contributed by atoms with Crippen LogP contribution in [0.15, 0.2) is 18.2 Å². The van der Waals surface area contributed by atoms with E-state index in [2.05, 4.69) is 16.0 Å². The Morgan fingerprint density at radius 1 is 1.25 bits per heavy atom. The zero-order chi connectivity index (χ0) is 14.3. The van der Waals surface area contributed by atoms with E-state index in [0.717, 1.165) is 17.1 Å². The fourth-order valence-electron chi connectivity index (χ4n) is 1.30. The molecule has 1 aromatic carbocycles. The summed E-state index contributed by atoms with van der Waals surface area (Å²) >= 11 is 0. The normalized spacial score (nSPS) is 12.2. The largest absolute Gasteiger partial charge is 0.472 e. The Morgan fingerprint density at radius 2 is 1.80 bits per heavy atom. The molecule has 110 valence electrons. The minimum Gasteiger partial charge on any atom is -0.467 e. The van der Waals surface area contributed by atoms with Gasteiger partial charge in [0.25, 0.3) is 0 Å². The Hall–Kier alpha value is -0.577. The molecule has 0 radical (unpaired) electrons. The molecule has 2 rings (SSSR count). The monoisotopic (exact) mass is 353 g/mol. The third kappa shape index (κ3) is 6.73. The van der Waals surface area contributed by atoms with E-state index in [-0.39, 0.29) is 32.7 Å². The molecule has 0 aromatic heterocycles. The summed E-state index contributed by atoms with van der Waals surface area (Å²) in [6, 6.07) is 5.63. The molecule has 1 aliphatic rings. The molecule has 0 atom stereocenters. The fraction of sp³-hybridized carbons (Fsp3) is 0.417. The summed E-state index contributed by atoms with van der Waals surface area (Å²) in [4.78, 5) is 8.63. The molecule has 1 aliphatic heterocycles. The first kappa shape index (κ1) is 19.4. The first-order valence-electron chi connectivity index (χ1n) is 5.82. The third-order valence-corrected chi connectivity index (χ3v) is 3.19. The van der Waals surface area contributed by atoms with Crippen molar-refractivity contribution in [3.8, 4) is 11.5 Å². The van der Waals surface area contributed by atoms with E-state index in [1.165, 1.54) is 0 Å². The van der Waals surface area contributed by atoms with Crippen LogP contribution in [0.3, 0.4) is 0 Å². The van der Waals surface area contributed by atoms with Crippen LogP contribution in [0.1, 0.15) is 19.4 Å². The summed E-state index contributed by atoms with van der Waals surface area (Å²) in [6.07, 6.45) is 0. The van der Waals surface area contributed by atoms with Gasteiger partial charge in [0.15, 0.2) is 0 Å². The van der Waals surface area contributed by atoms with E-state index in [1.54, 1.807) is 13.8 Å². The maximum Gasteiger partial charge on any atom is 0.472 e. The van der Waals surface area contributed by atoms with Gasteiger partial charge in [0.1, 0.15) is 11.5 Å². The number of rotatable bonds is 4. The predicted octanol–water partition coefficient (Wildman–Crippen LogP) is 2.75. The maximum atomic E-state index is 10.5. The van der Waals surface area contributed by atoms with Gasteiger partial charge in [-0.1, -0.05) is 6.07 Å². The second kappa shape index (κ2) is 9.38. The van der Waals surface area contributed by atoms with Crippen molar-refractivity contribution in [1.29, 1.82) is 0 Å². The number of fused-ring (bicyclic) bond motifs is 1. The summed E-state index contributed by atoms with van der Waals surface area (Å²) in [5.41, 5.74) is 0.948. The van der Waals surface area contributed by atoms with Crippen molar-refractivity contribution in [2.75, 3.05) is 20.0 Å². The molecule has 8 heteroatoms. The van der Waals surface area contributed by atoms with Crippen LogP contribution in [0.25, 0.3) is 0 Å². The molecule has 0 unspecified atom stereocenters. The molecular formula is C12H18O6PZn-. The first-order valence-corrected chi connectivity index (χ1v) is 7.31. The van der Waals surface area contributed by atoms with Crippen molar-refractivity contribution in [3.05, 3.63) is 30.7 Å². The van der Waals surface area contributed by atoms with Gasteiger partial charge in [-0.25, -0.2) is 4.57 Å². The van der Waals surface area contributed by atoms with Gasteiger partial charge >= 0.3 is 7.82 Å². The Balaban J connectivity index is 0.000000347. The molecule has 0 bridgehead atoms. The van der Waals surface area contributed by atoms with Crippen molar-refractivity contribution >= 4 is 7.82 Å². The predicted molar refractivity (Wildman–Crippen MR) is 70.1 cm³/mol. The van der Waals surface area contributed by atoms with E-state index >= 15 is 0 Å². The van der Waals surface area contributed by atoms with Crippen molar-refractivity contribution in [3.63, 3.8) is 0 Å². The summed E-state index contributed by atoms with van der Waals surface area (Å²) in [7, 11) is -3.69. The molecule has 6 nitrogen and oxygen atoms in total. The van der Waals surface area contributed by atoms with Crippen LogP contribution in [0, 0.1) is 6.92 Å². The van der Waals surface area contributed by atoms with Crippen LogP contribution in [0.2, 0.25) is 0 Å². The molecule has 1 heterocycles. The van der Waals surface area contributed by atoms with Crippen molar-refractivity contribution in [2.24, 2.45) is 0 Å². The van der Waals surface area contributed by atoms with Gasteiger partial charge in [0.2, 0.25) is 6.79 Å². The van der Waals surface area contributed by atoms with Gasteiger partial charge < -0.3 is 14.4 Å². The minimum absolute atomic E-state index is 0. The van der Waals surface area contributed by atoms with Gasteiger partial charge in [-0.2, -0.15) is 18.6 Å². The zero-order valence-corrected chi connectivity index (χ0v) is 15.6. The van der Waals surface area contributed by atoms with Crippen molar-refractivity contribution in [2.45, 2.75) is 13.8 Å².